The second-order valence-electron chi connectivity index (χ2n) is 5.33. The number of para-hydroxylation sites is 1. The first kappa shape index (κ1) is 15.6. The molecule has 22 heavy (non-hydrogen) atoms. The van der Waals surface area contributed by atoms with Gasteiger partial charge in [0.15, 0.2) is 0 Å². The topological polar surface area (TPSA) is 64.9 Å². The Morgan fingerprint density at radius 2 is 1.82 bits per heavy atom. The van der Waals surface area contributed by atoms with E-state index in [2.05, 4.69) is 30.6 Å². The number of hydrogen-bond donors (Lipinski definition) is 2. The van der Waals surface area contributed by atoms with Crippen molar-refractivity contribution in [2.45, 2.75) is 19.8 Å². The molecule has 0 fully saturated rings. The third-order valence-corrected chi connectivity index (χ3v) is 3.32. The summed E-state index contributed by atoms with van der Waals surface area (Å²) in [6.07, 6.45) is 0. The summed E-state index contributed by atoms with van der Waals surface area (Å²) in [7, 11) is 0. The second-order valence-corrected chi connectivity index (χ2v) is 5.33. The molecule has 0 bridgehead atoms. The van der Waals surface area contributed by atoms with Crippen molar-refractivity contribution in [1.29, 1.82) is 5.26 Å². The van der Waals surface area contributed by atoms with Gasteiger partial charge >= 0.3 is 0 Å². The molecule has 0 radical (unpaired) electrons. The van der Waals surface area contributed by atoms with Gasteiger partial charge in [-0.15, -0.1) is 0 Å². The van der Waals surface area contributed by atoms with Crippen molar-refractivity contribution < 1.29 is 4.79 Å². The monoisotopic (exact) mass is 293 g/mol. The minimum Gasteiger partial charge on any atom is -0.376 e. The molecule has 0 atom stereocenters. The zero-order valence-corrected chi connectivity index (χ0v) is 12.8. The predicted octanol–water partition coefficient (Wildman–Crippen LogP) is 3.73. The molecule has 2 aromatic rings. The maximum Gasteiger partial charge on any atom is 0.243 e. The van der Waals surface area contributed by atoms with E-state index in [9.17, 15) is 4.79 Å². The Balaban J connectivity index is 1.94. The van der Waals surface area contributed by atoms with E-state index in [0.29, 0.717) is 11.5 Å². The van der Waals surface area contributed by atoms with E-state index >= 15 is 0 Å². The van der Waals surface area contributed by atoms with Crippen LogP contribution in [-0.4, -0.2) is 12.5 Å². The lowest BCUT2D eigenvalue weighted by molar-refractivity contribution is -0.114. The molecule has 0 aliphatic rings. The Morgan fingerprint density at radius 1 is 1.14 bits per heavy atom. The van der Waals surface area contributed by atoms with E-state index in [1.807, 2.05) is 24.3 Å². The van der Waals surface area contributed by atoms with E-state index < -0.39 is 0 Å². The molecule has 4 heteroatoms. The molecule has 0 unspecified atom stereocenters. The number of nitriles is 1. The van der Waals surface area contributed by atoms with Gasteiger partial charge in [0.05, 0.1) is 18.2 Å². The molecule has 2 rings (SSSR count). The minimum absolute atomic E-state index is 0.0996. The summed E-state index contributed by atoms with van der Waals surface area (Å²) >= 11 is 0. The molecular formula is C18H19N3O. The molecule has 4 nitrogen and oxygen atoms in total. The Kier molecular flexibility index (Phi) is 5.16. The molecule has 0 heterocycles. The summed E-state index contributed by atoms with van der Waals surface area (Å²) < 4.78 is 0. The highest BCUT2D eigenvalue weighted by Gasteiger charge is 2.08. The lowest BCUT2D eigenvalue weighted by atomic mass is 10.0. The normalized spacial score (nSPS) is 10.1. The SMILES string of the molecule is CC(C)c1ccccc1NC(=O)CNc1ccc(C#N)cc1. The largest absolute Gasteiger partial charge is 0.376 e. The Morgan fingerprint density at radius 3 is 2.45 bits per heavy atom. The van der Waals surface area contributed by atoms with Gasteiger partial charge in [-0.2, -0.15) is 5.26 Å². The first-order valence-corrected chi connectivity index (χ1v) is 7.23. The summed E-state index contributed by atoms with van der Waals surface area (Å²) in [6, 6.07) is 16.9. The number of hydrogen-bond acceptors (Lipinski definition) is 3. The maximum atomic E-state index is 12.1. The van der Waals surface area contributed by atoms with E-state index in [4.69, 9.17) is 5.26 Å². The summed E-state index contributed by atoms with van der Waals surface area (Å²) in [4.78, 5) is 12.1. The molecule has 0 spiro atoms. The van der Waals surface area contributed by atoms with E-state index in [-0.39, 0.29) is 12.5 Å². The lowest BCUT2D eigenvalue weighted by Gasteiger charge is -2.14. The third-order valence-electron chi connectivity index (χ3n) is 3.32. The number of rotatable bonds is 5. The molecule has 0 saturated heterocycles. The van der Waals surface area contributed by atoms with Crippen LogP contribution in [0.5, 0.6) is 0 Å². The fourth-order valence-corrected chi connectivity index (χ4v) is 2.15. The zero-order chi connectivity index (χ0) is 15.9. The van der Waals surface area contributed by atoms with Gasteiger partial charge in [-0.3, -0.25) is 4.79 Å². The molecule has 0 aliphatic carbocycles. The van der Waals surface area contributed by atoms with Gasteiger partial charge in [0.2, 0.25) is 5.91 Å². The summed E-state index contributed by atoms with van der Waals surface area (Å²) in [5.41, 5.74) is 3.38. The van der Waals surface area contributed by atoms with E-state index in [1.165, 1.54) is 0 Å². The standard InChI is InChI=1S/C18H19N3O/c1-13(2)16-5-3-4-6-17(16)21-18(22)12-20-15-9-7-14(11-19)8-10-15/h3-10,13,20H,12H2,1-2H3,(H,21,22). The highest BCUT2D eigenvalue weighted by atomic mass is 16.1. The number of amides is 1. The Labute approximate surface area is 130 Å². The fourth-order valence-electron chi connectivity index (χ4n) is 2.15. The number of nitrogens with zero attached hydrogens (tertiary/aromatic N) is 1. The average molecular weight is 293 g/mol. The van der Waals surface area contributed by atoms with Gasteiger partial charge in [0.1, 0.15) is 0 Å². The third kappa shape index (κ3) is 4.10. The molecule has 0 aliphatic heterocycles. The van der Waals surface area contributed by atoms with Gasteiger partial charge in [-0.05, 0) is 41.8 Å². The predicted molar refractivity (Wildman–Crippen MR) is 88.8 cm³/mol. The lowest BCUT2D eigenvalue weighted by Crippen LogP contribution is -2.22. The van der Waals surface area contributed by atoms with Crippen LogP contribution in [0.4, 0.5) is 11.4 Å². The summed E-state index contributed by atoms with van der Waals surface area (Å²) in [6.45, 7) is 4.37. The fraction of sp³-hybridized carbons (Fsp3) is 0.222. The Bertz CT molecular complexity index is 684. The van der Waals surface area contributed by atoms with Crippen LogP contribution < -0.4 is 10.6 Å². The first-order chi connectivity index (χ1) is 10.6. The number of nitrogens with one attached hydrogen (secondary N) is 2. The van der Waals surface area contributed by atoms with E-state index in [0.717, 1.165) is 16.9 Å². The molecule has 1 amide bonds. The van der Waals surface area contributed by atoms with Gasteiger partial charge in [0.25, 0.3) is 0 Å². The zero-order valence-electron chi connectivity index (χ0n) is 12.8. The quantitative estimate of drug-likeness (QED) is 0.882. The van der Waals surface area contributed by atoms with Crippen molar-refractivity contribution in [2.24, 2.45) is 0 Å². The summed E-state index contributed by atoms with van der Waals surface area (Å²) in [5.74, 6) is 0.250. The van der Waals surface area contributed by atoms with Crippen molar-refractivity contribution in [3.8, 4) is 6.07 Å². The van der Waals surface area contributed by atoms with E-state index in [1.54, 1.807) is 24.3 Å². The van der Waals surface area contributed by atoms with Crippen molar-refractivity contribution in [3.63, 3.8) is 0 Å². The van der Waals surface area contributed by atoms with Crippen LogP contribution in [0.1, 0.15) is 30.9 Å². The van der Waals surface area contributed by atoms with Gasteiger partial charge in [-0.25, -0.2) is 0 Å². The number of benzene rings is 2. The van der Waals surface area contributed by atoms with Crippen LogP contribution in [0.15, 0.2) is 48.5 Å². The highest BCUT2D eigenvalue weighted by molar-refractivity contribution is 5.94. The molecule has 112 valence electrons. The first-order valence-electron chi connectivity index (χ1n) is 7.23. The highest BCUT2D eigenvalue weighted by Crippen LogP contribution is 2.23. The van der Waals surface area contributed by atoms with Crippen LogP contribution >= 0.6 is 0 Å². The van der Waals surface area contributed by atoms with Crippen molar-refractivity contribution >= 4 is 17.3 Å². The maximum absolute atomic E-state index is 12.1. The van der Waals surface area contributed by atoms with Gasteiger partial charge in [0, 0.05) is 11.4 Å². The minimum atomic E-state index is -0.0996. The molecule has 2 aromatic carbocycles. The van der Waals surface area contributed by atoms with Crippen molar-refractivity contribution in [1.82, 2.24) is 0 Å². The molecular weight excluding hydrogens is 274 g/mol. The van der Waals surface area contributed by atoms with Gasteiger partial charge in [-0.1, -0.05) is 32.0 Å². The molecule has 0 aromatic heterocycles. The molecule has 2 N–H and O–H groups in total. The number of carbonyl (C=O) groups is 1. The van der Waals surface area contributed by atoms with Crippen LogP contribution in [0, 0.1) is 11.3 Å². The summed E-state index contributed by atoms with van der Waals surface area (Å²) in [5, 5.41) is 14.7. The van der Waals surface area contributed by atoms with Crippen molar-refractivity contribution in [2.75, 3.05) is 17.2 Å². The second kappa shape index (κ2) is 7.28. The Hall–Kier alpha value is -2.80. The van der Waals surface area contributed by atoms with Crippen LogP contribution in [0.2, 0.25) is 0 Å². The van der Waals surface area contributed by atoms with Crippen LogP contribution in [0.3, 0.4) is 0 Å². The van der Waals surface area contributed by atoms with Crippen LogP contribution in [0.25, 0.3) is 0 Å². The van der Waals surface area contributed by atoms with Crippen molar-refractivity contribution in [3.05, 3.63) is 59.7 Å². The number of carbonyl (C=O) groups excluding carboxylic acids is 1. The van der Waals surface area contributed by atoms with Gasteiger partial charge < -0.3 is 10.6 Å². The smallest absolute Gasteiger partial charge is 0.243 e. The average Bonchev–Trinajstić information content (AvgIpc) is 2.53. The van der Waals surface area contributed by atoms with Crippen LogP contribution in [-0.2, 0) is 4.79 Å². The molecule has 0 saturated carbocycles. The number of anilines is 2.